The first-order chi connectivity index (χ1) is 15.6. The summed E-state index contributed by atoms with van der Waals surface area (Å²) in [5.41, 5.74) is 1.46. The maximum atomic E-state index is 13.0. The van der Waals surface area contributed by atoms with Gasteiger partial charge in [0.15, 0.2) is 0 Å². The van der Waals surface area contributed by atoms with Gasteiger partial charge in [0.2, 0.25) is 4.96 Å². The Balaban J connectivity index is 1.57. The third-order valence-electron chi connectivity index (χ3n) is 4.48. The number of methoxy groups -OCH3 is 1. The van der Waals surface area contributed by atoms with E-state index in [0.29, 0.717) is 22.4 Å². The predicted octanol–water partition coefficient (Wildman–Crippen LogP) is 3.59. The molecule has 1 N–H and O–H groups in total. The number of ether oxygens (including phenoxy) is 1. The second kappa shape index (κ2) is 8.57. The molecule has 4 rings (SSSR count). The molecule has 0 unspecified atom stereocenters. The first-order valence-electron chi connectivity index (χ1n) is 9.26. The molecular weight excluding hydrogens is 481 g/mol. The Morgan fingerprint density at radius 1 is 1.12 bits per heavy atom. The highest BCUT2D eigenvalue weighted by atomic mass is 32.2. The zero-order valence-electron chi connectivity index (χ0n) is 16.8. The number of rotatable bonds is 6. The van der Waals surface area contributed by atoms with Crippen LogP contribution in [-0.2, 0) is 25.7 Å². The molecule has 2 aromatic heterocycles. The van der Waals surface area contributed by atoms with Gasteiger partial charge in [-0.1, -0.05) is 47.7 Å². The zero-order chi connectivity index (χ0) is 23.8. The van der Waals surface area contributed by atoms with E-state index in [1.54, 1.807) is 30.3 Å². The molecule has 0 radical (unpaired) electrons. The lowest BCUT2D eigenvalue weighted by atomic mass is 10.0. The lowest BCUT2D eigenvalue weighted by molar-refractivity contribution is -0.137. The van der Waals surface area contributed by atoms with Crippen molar-refractivity contribution >= 4 is 32.2 Å². The Hall–Kier alpha value is -3.29. The monoisotopic (exact) mass is 496 g/mol. The van der Waals surface area contributed by atoms with Crippen LogP contribution in [0.2, 0.25) is 0 Å². The molecule has 0 spiro atoms. The minimum Gasteiger partial charge on any atom is -0.375 e. The summed E-state index contributed by atoms with van der Waals surface area (Å²) in [6, 6.07) is 11.8. The highest BCUT2D eigenvalue weighted by Gasteiger charge is 2.30. The lowest BCUT2D eigenvalue weighted by Crippen LogP contribution is -2.33. The summed E-state index contributed by atoms with van der Waals surface area (Å²) in [5, 5.41) is 3.96. The number of hydrogen-bond acceptors (Lipinski definition) is 7. The smallest absolute Gasteiger partial charge is 0.375 e. The second-order valence-electron chi connectivity index (χ2n) is 6.84. The van der Waals surface area contributed by atoms with Crippen molar-refractivity contribution < 1.29 is 31.1 Å². The number of aromatic nitrogens is 3. The van der Waals surface area contributed by atoms with Gasteiger partial charge in [-0.2, -0.15) is 21.6 Å². The number of carbonyl (C=O) groups excluding carboxylic acids is 1. The van der Waals surface area contributed by atoms with Gasteiger partial charge in [-0.15, -0.1) is 5.10 Å². The zero-order valence-corrected chi connectivity index (χ0v) is 18.5. The van der Waals surface area contributed by atoms with E-state index in [1.165, 1.54) is 23.9 Å². The summed E-state index contributed by atoms with van der Waals surface area (Å²) < 4.78 is 70.8. The van der Waals surface area contributed by atoms with Gasteiger partial charge < -0.3 is 4.74 Å². The van der Waals surface area contributed by atoms with Gasteiger partial charge in [0, 0.05) is 12.7 Å². The van der Waals surface area contributed by atoms with Gasteiger partial charge in [-0.25, -0.2) is 14.2 Å². The van der Waals surface area contributed by atoms with Gasteiger partial charge in [0.05, 0.1) is 17.5 Å². The number of fused-ring (bicyclic) bond motifs is 1. The highest BCUT2D eigenvalue weighted by molar-refractivity contribution is 7.92. The number of alkyl halides is 3. The lowest BCUT2D eigenvalue weighted by Gasteiger charge is -2.09. The maximum Gasteiger partial charge on any atom is 0.416 e. The highest BCUT2D eigenvalue weighted by Crippen LogP contribution is 2.33. The van der Waals surface area contributed by atoms with E-state index in [-0.39, 0.29) is 9.30 Å². The van der Waals surface area contributed by atoms with Crippen molar-refractivity contribution in [3.63, 3.8) is 0 Å². The van der Waals surface area contributed by atoms with E-state index in [4.69, 9.17) is 0 Å². The Labute approximate surface area is 189 Å². The molecule has 0 aliphatic carbocycles. The van der Waals surface area contributed by atoms with Gasteiger partial charge >= 0.3 is 6.18 Å². The summed E-state index contributed by atoms with van der Waals surface area (Å²) in [6.07, 6.45) is -2.91. The van der Waals surface area contributed by atoms with Crippen molar-refractivity contribution in [2.75, 3.05) is 13.7 Å². The van der Waals surface area contributed by atoms with Crippen LogP contribution >= 0.6 is 11.3 Å². The molecule has 33 heavy (non-hydrogen) atoms. The number of benzene rings is 2. The van der Waals surface area contributed by atoms with Crippen LogP contribution in [-0.4, -0.2) is 42.6 Å². The van der Waals surface area contributed by atoms with Crippen molar-refractivity contribution in [2.24, 2.45) is 0 Å². The van der Waals surface area contributed by atoms with E-state index in [2.05, 4.69) is 14.8 Å². The van der Waals surface area contributed by atoms with Crippen LogP contribution in [0.1, 0.15) is 5.56 Å². The molecule has 8 nitrogen and oxygen atoms in total. The van der Waals surface area contributed by atoms with Crippen molar-refractivity contribution in [3.05, 3.63) is 60.3 Å². The van der Waals surface area contributed by atoms with Crippen molar-refractivity contribution in [3.8, 4) is 22.4 Å². The topological polar surface area (TPSA) is 103 Å². The van der Waals surface area contributed by atoms with E-state index in [1.807, 2.05) is 4.72 Å². The average Bonchev–Trinajstić information content (AvgIpc) is 3.33. The van der Waals surface area contributed by atoms with Gasteiger partial charge in [-0.05, 0) is 23.3 Å². The van der Waals surface area contributed by atoms with Crippen LogP contribution in [0.4, 0.5) is 13.2 Å². The molecule has 4 aromatic rings. The standard InChI is InChI=1S/C20H15F3N4O4S2/c1-31-11-17(28)26-33(29,30)19-25-27-10-16(24-18(27)32-19)13-7-5-12(6-8-13)14-3-2-4-15(9-14)20(21,22)23/h2-10H,11H2,1H3,(H,26,28). The largest absolute Gasteiger partial charge is 0.416 e. The Bertz CT molecular complexity index is 1400. The van der Waals surface area contributed by atoms with E-state index in [9.17, 15) is 26.4 Å². The number of nitrogens with one attached hydrogen (secondary N) is 1. The van der Waals surface area contributed by atoms with E-state index >= 15 is 0 Å². The fraction of sp³-hybridized carbons (Fsp3) is 0.150. The third-order valence-corrected chi connectivity index (χ3v) is 7.15. The number of carbonyl (C=O) groups is 1. The molecule has 0 bridgehead atoms. The first-order valence-corrected chi connectivity index (χ1v) is 11.6. The molecule has 0 saturated heterocycles. The Kier molecular flexibility index (Phi) is 5.95. The van der Waals surface area contributed by atoms with Crippen LogP contribution in [0.3, 0.4) is 0 Å². The normalized spacial score (nSPS) is 12.2. The van der Waals surface area contributed by atoms with Gasteiger partial charge in [-0.3, -0.25) is 4.79 Å². The Morgan fingerprint density at radius 2 is 1.82 bits per heavy atom. The van der Waals surface area contributed by atoms with Crippen molar-refractivity contribution in [1.29, 1.82) is 0 Å². The molecule has 0 aliphatic rings. The van der Waals surface area contributed by atoms with E-state index < -0.39 is 34.3 Å². The molecule has 0 atom stereocenters. The molecular formula is C20H15F3N4O4S2. The Morgan fingerprint density at radius 3 is 2.45 bits per heavy atom. The van der Waals surface area contributed by atoms with Crippen LogP contribution in [0, 0.1) is 0 Å². The van der Waals surface area contributed by atoms with Crippen LogP contribution in [0.15, 0.2) is 59.1 Å². The third kappa shape index (κ3) is 4.89. The van der Waals surface area contributed by atoms with Gasteiger partial charge in [0.1, 0.15) is 6.61 Å². The first kappa shape index (κ1) is 22.9. The summed E-state index contributed by atoms with van der Waals surface area (Å²) >= 11 is 0.774. The molecule has 2 aromatic carbocycles. The second-order valence-corrected chi connectivity index (χ2v) is 9.65. The predicted molar refractivity (Wildman–Crippen MR) is 114 cm³/mol. The number of sulfonamides is 1. The summed E-state index contributed by atoms with van der Waals surface area (Å²) in [7, 11) is -2.89. The minimum absolute atomic E-state index is 0.284. The number of imidazole rings is 1. The molecule has 13 heteroatoms. The van der Waals surface area contributed by atoms with Gasteiger partial charge in [0.25, 0.3) is 20.3 Å². The molecule has 0 fully saturated rings. The number of halogens is 3. The minimum atomic E-state index is -4.43. The number of nitrogens with zero attached hydrogens (tertiary/aromatic N) is 3. The fourth-order valence-electron chi connectivity index (χ4n) is 2.99. The average molecular weight is 496 g/mol. The summed E-state index contributed by atoms with van der Waals surface area (Å²) in [6.45, 7) is -0.414. The van der Waals surface area contributed by atoms with E-state index in [0.717, 1.165) is 23.5 Å². The summed E-state index contributed by atoms with van der Waals surface area (Å²) in [4.78, 5) is 16.1. The SMILES string of the molecule is COCC(=O)NS(=O)(=O)c1nn2cc(-c3ccc(-c4cccc(C(F)(F)F)c4)cc3)nc2s1. The van der Waals surface area contributed by atoms with Crippen LogP contribution in [0.25, 0.3) is 27.3 Å². The molecule has 172 valence electrons. The van der Waals surface area contributed by atoms with Crippen molar-refractivity contribution in [2.45, 2.75) is 10.5 Å². The van der Waals surface area contributed by atoms with Crippen LogP contribution in [0.5, 0.6) is 0 Å². The molecule has 2 heterocycles. The fourth-order valence-corrected chi connectivity index (χ4v) is 5.04. The van der Waals surface area contributed by atoms with Crippen molar-refractivity contribution in [1.82, 2.24) is 19.3 Å². The quantitative estimate of drug-likeness (QED) is 0.438. The molecule has 1 amide bonds. The summed E-state index contributed by atoms with van der Waals surface area (Å²) in [5.74, 6) is -0.827. The molecule has 0 aliphatic heterocycles. The van der Waals surface area contributed by atoms with Crippen LogP contribution < -0.4 is 4.72 Å². The molecule has 0 saturated carbocycles. The maximum absolute atomic E-state index is 13.0. The number of amides is 1. The number of hydrogen-bond donors (Lipinski definition) is 1.